The molecule has 0 spiro atoms. The fourth-order valence-electron chi connectivity index (χ4n) is 2.86. The largest absolute Gasteiger partial charge is 0.338 e. The molecule has 0 radical (unpaired) electrons. The number of carbonyl (C=O) groups excluding carboxylic acids is 2. The zero-order chi connectivity index (χ0) is 15.4. The molecule has 1 heterocycles. The summed E-state index contributed by atoms with van der Waals surface area (Å²) in [6.07, 6.45) is 6.32. The molecule has 0 aromatic carbocycles. The van der Waals surface area contributed by atoms with Crippen molar-refractivity contribution in [1.29, 1.82) is 0 Å². The van der Waals surface area contributed by atoms with Crippen LogP contribution in [-0.2, 0) is 4.79 Å². The SMILES string of the molecule is CS[C@H](C)CNC(=O)N1CCC[C@H]1CN(C(C)=O)C1CC1. The lowest BCUT2D eigenvalue weighted by Crippen LogP contribution is -2.49. The van der Waals surface area contributed by atoms with Crippen molar-refractivity contribution in [1.82, 2.24) is 15.1 Å². The summed E-state index contributed by atoms with van der Waals surface area (Å²) >= 11 is 1.75. The number of hydrogen-bond donors (Lipinski definition) is 1. The lowest BCUT2D eigenvalue weighted by molar-refractivity contribution is -0.130. The van der Waals surface area contributed by atoms with Gasteiger partial charge in [-0.3, -0.25) is 4.79 Å². The van der Waals surface area contributed by atoms with E-state index in [4.69, 9.17) is 0 Å². The summed E-state index contributed by atoms with van der Waals surface area (Å²) < 4.78 is 0. The van der Waals surface area contributed by atoms with Gasteiger partial charge in [0.25, 0.3) is 0 Å². The molecule has 0 bridgehead atoms. The Labute approximate surface area is 131 Å². The van der Waals surface area contributed by atoms with E-state index in [9.17, 15) is 9.59 Å². The monoisotopic (exact) mass is 313 g/mol. The fraction of sp³-hybridized carbons (Fsp3) is 0.867. The molecule has 5 nitrogen and oxygen atoms in total. The van der Waals surface area contributed by atoms with Crippen LogP contribution in [0.25, 0.3) is 0 Å². The summed E-state index contributed by atoms with van der Waals surface area (Å²) in [6, 6.07) is 0.626. The van der Waals surface area contributed by atoms with E-state index in [2.05, 4.69) is 18.5 Å². The van der Waals surface area contributed by atoms with Crippen molar-refractivity contribution in [3.05, 3.63) is 0 Å². The van der Waals surface area contributed by atoms with Crippen molar-refractivity contribution < 1.29 is 9.59 Å². The van der Waals surface area contributed by atoms with Gasteiger partial charge in [-0.2, -0.15) is 11.8 Å². The van der Waals surface area contributed by atoms with Crippen molar-refractivity contribution in [2.24, 2.45) is 0 Å². The van der Waals surface area contributed by atoms with Gasteiger partial charge in [-0.15, -0.1) is 0 Å². The van der Waals surface area contributed by atoms with Crippen molar-refractivity contribution in [2.75, 3.05) is 25.9 Å². The van der Waals surface area contributed by atoms with Gasteiger partial charge < -0.3 is 15.1 Å². The van der Waals surface area contributed by atoms with Gasteiger partial charge in [0.1, 0.15) is 0 Å². The fourth-order valence-corrected chi connectivity index (χ4v) is 3.11. The molecule has 21 heavy (non-hydrogen) atoms. The number of amides is 3. The van der Waals surface area contributed by atoms with E-state index in [1.807, 2.05) is 9.80 Å². The number of urea groups is 1. The van der Waals surface area contributed by atoms with Crippen molar-refractivity contribution in [2.45, 2.75) is 56.9 Å². The molecule has 0 unspecified atom stereocenters. The minimum atomic E-state index is 0.0256. The molecule has 0 aromatic heterocycles. The van der Waals surface area contributed by atoms with Crippen LogP contribution in [0.5, 0.6) is 0 Å². The number of carbonyl (C=O) groups is 2. The highest BCUT2D eigenvalue weighted by molar-refractivity contribution is 7.99. The van der Waals surface area contributed by atoms with Crippen LogP contribution >= 0.6 is 11.8 Å². The molecule has 1 saturated carbocycles. The Hall–Kier alpha value is -0.910. The van der Waals surface area contributed by atoms with Gasteiger partial charge in [-0.25, -0.2) is 4.79 Å². The van der Waals surface area contributed by atoms with E-state index in [0.717, 1.165) is 32.2 Å². The van der Waals surface area contributed by atoms with E-state index < -0.39 is 0 Å². The second-order valence-corrected chi connectivity index (χ2v) is 7.40. The van der Waals surface area contributed by atoms with Crippen LogP contribution < -0.4 is 5.32 Å². The Morgan fingerprint density at radius 3 is 2.67 bits per heavy atom. The van der Waals surface area contributed by atoms with Crippen LogP contribution in [-0.4, -0.2) is 65.0 Å². The van der Waals surface area contributed by atoms with Gasteiger partial charge in [0.05, 0.1) is 6.04 Å². The highest BCUT2D eigenvalue weighted by Crippen LogP contribution is 2.29. The summed E-state index contributed by atoms with van der Waals surface area (Å²) in [4.78, 5) is 27.9. The van der Waals surface area contributed by atoms with Gasteiger partial charge in [0.2, 0.25) is 5.91 Å². The summed E-state index contributed by atoms with van der Waals surface area (Å²) in [7, 11) is 0. The molecule has 2 rings (SSSR count). The van der Waals surface area contributed by atoms with Crippen molar-refractivity contribution in [3.63, 3.8) is 0 Å². The first-order valence-corrected chi connectivity index (χ1v) is 9.16. The lowest BCUT2D eigenvalue weighted by Gasteiger charge is -2.30. The lowest BCUT2D eigenvalue weighted by atomic mass is 10.2. The standard InChI is InChI=1S/C15H27N3O2S/c1-11(21-3)9-16-15(20)17-8-4-5-14(17)10-18(12(2)19)13-6-7-13/h11,13-14H,4-10H2,1-3H3,(H,16,20)/t11-,14+/m1/s1. The molecule has 1 N–H and O–H groups in total. The third-order valence-electron chi connectivity index (χ3n) is 4.38. The average molecular weight is 313 g/mol. The van der Waals surface area contributed by atoms with Gasteiger partial charge in [-0.05, 0) is 31.9 Å². The Balaban J connectivity index is 1.87. The molecule has 2 aliphatic rings. The topological polar surface area (TPSA) is 52.7 Å². The molecule has 0 aromatic rings. The summed E-state index contributed by atoms with van der Waals surface area (Å²) in [5, 5.41) is 3.44. The molecule has 1 aliphatic heterocycles. The average Bonchev–Trinajstić information content (AvgIpc) is 3.19. The van der Waals surface area contributed by atoms with Crippen LogP contribution in [0.1, 0.15) is 39.5 Å². The van der Waals surface area contributed by atoms with E-state index in [-0.39, 0.29) is 18.0 Å². The van der Waals surface area contributed by atoms with Crippen LogP contribution in [0.4, 0.5) is 4.79 Å². The minimum absolute atomic E-state index is 0.0256. The highest BCUT2D eigenvalue weighted by atomic mass is 32.2. The molecule has 1 saturated heterocycles. The molecular formula is C15H27N3O2S. The second kappa shape index (κ2) is 7.38. The summed E-state index contributed by atoms with van der Waals surface area (Å²) in [5.41, 5.74) is 0. The molecule has 2 atom stereocenters. The quantitative estimate of drug-likeness (QED) is 0.815. The summed E-state index contributed by atoms with van der Waals surface area (Å²) in [5.74, 6) is 0.140. The number of nitrogens with zero attached hydrogens (tertiary/aromatic N) is 2. The van der Waals surface area contributed by atoms with E-state index in [1.54, 1.807) is 18.7 Å². The third-order valence-corrected chi connectivity index (χ3v) is 5.35. The predicted molar refractivity (Wildman–Crippen MR) is 86.5 cm³/mol. The molecule has 2 fully saturated rings. The molecule has 6 heteroatoms. The third kappa shape index (κ3) is 4.53. The number of nitrogens with one attached hydrogen (secondary N) is 1. The smallest absolute Gasteiger partial charge is 0.317 e. The minimum Gasteiger partial charge on any atom is -0.338 e. The van der Waals surface area contributed by atoms with E-state index >= 15 is 0 Å². The van der Waals surface area contributed by atoms with Gasteiger partial charge in [0, 0.05) is 37.8 Å². The van der Waals surface area contributed by atoms with Crippen LogP contribution in [0.15, 0.2) is 0 Å². The first-order valence-electron chi connectivity index (χ1n) is 7.87. The van der Waals surface area contributed by atoms with Gasteiger partial charge in [0.15, 0.2) is 0 Å². The maximum absolute atomic E-state index is 12.3. The van der Waals surface area contributed by atoms with Crippen molar-refractivity contribution >= 4 is 23.7 Å². The Morgan fingerprint density at radius 1 is 1.38 bits per heavy atom. The molecule has 1 aliphatic carbocycles. The van der Waals surface area contributed by atoms with Crippen LogP contribution in [0, 0.1) is 0 Å². The zero-order valence-electron chi connectivity index (χ0n) is 13.3. The zero-order valence-corrected chi connectivity index (χ0v) is 14.1. The number of thioether (sulfide) groups is 1. The van der Waals surface area contributed by atoms with Crippen molar-refractivity contribution in [3.8, 4) is 0 Å². The first kappa shape index (κ1) is 16.5. The first-order chi connectivity index (χ1) is 10.0. The van der Waals surface area contributed by atoms with Crippen LogP contribution in [0.3, 0.4) is 0 Å². The molecule has 3 amide bonds. The number of likely N-dealkylation sites (tertiary alicyclic amines) is 1. The Kier molecular flexibility index (Phi) is 5.79. The second-order valence-electron chi connectivity index (χ2n) is 6.12. The maximum Gasteiger partial charge on any atom is 0.317 e. The Morgan fingerprint density at radius 2 is 2.10 bits per heavy atom. The summed E-state index contributed by atoms with van der Waals surface area (Å²) in [6.45, 7) is 5.95. The normalized spacial score (nSPS) is 23.0. The van der Waals surface area contributed by atoms with Gasteiger partial charge >= 0.3 is 6.03 Å². The van der Waals surface area contributed by atoms with E-state index in [0.29, 0.717) is 24.4 Å². The Bertz CT molecular complexity index is 387. The van der Waals surface area contributed by atoms with Crippen LogP contribution in [0.2, 0.25) is 0 Å². The molecule has 120 valence electrons. The predicted octanol–water partition coefficient (Wildman–Crippen LogP) is 1.92. The number of rotatable bonds is 6. The maximum atomic E-state index is 12.3. The number of hydrogen-bond acceptors (Lipinski definition) is 3. The molecular weight excluding hydrogens is 286 g/mol. The van der Waals surface area contributed by atoms with E-state index in [1.165, 1.54) is 0 Å². The van der Waals surface area contributed by atoms with Gasteiger partial charge in [-0.1, -0.05) is 6.92 Å². The highest BCUT2D eigenvalue weighted by Gasteiger charge is 2.36.